The van der Waals surface area contributed by atoms with Gasteiger partial charge in [-0.2, -0.15) is 0 Å². The third-order valence-corrected chi connectivity index (χ3v) is 5.34. The Bertz CT molecular complexity index is 1050. The fourth-order valence-electron chi connectivity index (χ4n) is 3.59. The number of aromatic nitrogens is 2. The number of nitrogens with two attached hydrogens (primary N) is 1. The lowest BCUT2D eigenvalue weighted by Gasteiger charge is -2.23. The summed E-state index contributed by atoms with van der Waals surface area (Å²) in [5.74, 6) is 0.730. The SMILES string of the molecule is N=C(c1cc(-c2cnccc2OCC2CCNCC2)ncc1N)c1ccccc1F. The maximum Gasteiger partial charge on any atom is 0.132 e. The number of halogens is 1. The minimum absolute atomic E-state index is 0.00955. The maximum atomic E-state index is 14.2. The second kappa shape index (κ2) is 9.00. The Balaban J connectivity index is 1.63. The first kappa shape index (κ1) is 20.0. The first-order valence-corrected chi connectivity index (χ1v) is 10.0. The van der Waals surface area contributed by atoms with Crippen LogP contribution in [0.25, 0.3) is 11.3 Å². The molecule has 1 aliphatic rings. The van der Waals surface area contributed by atoms with Gasteiger partial charge in [-0.3, -0.25) is 15.4 Å². The molecule has 0 saturated carbocycles. The molecule has 1 aromatic carbocycles. The Kier molecular flexibility index (Phi) is 5.99. The number of nitrogens with zero attached hydrogens (tertiary/aromatic N) is 2. The molecule has 0 bridgehead atoms. The van der Waals surface area contributed by atoms with Crippen LogP contribution in [-0.4, -0.2) is 35.4 Å². The number of anilines is 1. The van der Waals surface area contributed by atoms with Gasteiger partial charge in [0, 0.05) is 23.5 Å². The molecule has 0 spiro atoms. The molecule has 0 aliphatic carbocycles. The van der Waals surface area contributed by atoms with Crippen molar-refractivity contribution in [1.82, 2.24) is 15.3 Å². The Hall–Kier alpha value is -3.32. The van der Waals surface area contributed by atoms with Crippen LogP contribution >= 0.6 is 0 Å². The molecule has 1 fully saturated rings. The highest BCUT2D eigenvalue weighted by atomic mass is 19.1. The zero-order chi connectivity index (χ0) is 20.9. The lowest BCUT2D eigenvalue weighted by atomic mass is 9.99. The number of rotatable bonds is 6. The molecular formula is C23H24FN5O. The van der Waals surface area contributed by atoms with E-state index in [4.69, 9.17) is 15.9 Å². The molecule has 0 radical (unpaired) electrons. The summed E-state index contributed by atoms with van der Waals surface area (Å²) in [5.41, 5.74) is 8.29. The van der Waals surface area contributed by atoms with Crippen molar-refractivity contribution < 1.29 is 9.13 Å². The summed E-state index contributed by atoms with van der Waals surface area (Å²) in [6.07, 6.45) is 7.03. The molecule has 6 nitrogen and oxygen atoms in total. The molecule has 1 saturated heterocycles. The van der Waals surface area contributed by atoms with Crippen molar-refractivity contribution >= 4 is 11.4 Å². The molecule has 3 aromatic rings. The van der Waals surface area contributed by atoms with Gasteiger partial charge in [0.15, 0.2) is 0 Å². The van der Waals surface area contributed by atoms with E-state index in [1.807, 2.05) is 6.07 Å². The number of hydrogen-bond donors (Lipinski definition) is 3. The largest absolute Gasteiger partial charge is 0.492 e. The zero-order valence-corrected chi connectivity index (χ0v) is 16.6. The van der Waals surface area contributed by atoms with Gasteiger partial charge in [0.05, 0.1) is 35.5 Å². The van der Waals surface area contributed by atoms with Crippen LogP contribution in [-0.2, 0) is 0 Å². The number of nitrogens with one attached hydrogen (secondary N) is 2. The van der Waals surface area contributed by atoms with E-state index in [2.05, 4.69) is 15.3 Å². The van der Waals surface area contributed by atoms with Gasteiger partial charge >= 0.3 is 0 Å². The van der Waals surface area contributed by atoms with Crippen molar-refractivity contribution in [1.29, 1.82) is 5.41 Å². The van der Waals surface area contributed by atoms with E-state index < -0.39 is 5.82 Å². The number of hydrogen-bond acceptors (Lipinski definition) is 6. The second-order valence-corrected chi connectivity index (χ2v) is 7.39. The Labute approximate surface area is 174 Å². The Morgan fingerprint density at radius 3 is 2.77 bits per heavy atom. The molecule has 3 heterocycles. The van der Waals surface area contributed by atoms with Crippen LogP contribution in [0, 0.1) is 17.1 Å². The predicted octanol–water partition coefficient (Wildman–Crippen LogP) is 3.66. The molecular weight excluding hydrogens is 381 g/mol. The van der Waals surface area contributed by atoms with Crippen LogP contribution in [0.2, 0.25) is 0 Å². The standard InChI is InChI=1S/C23H24FN5O/c24-19-4-2-1-3-16(19)23(26)17-11-21(29-13-20(17)25)18-12-28-10-7-22(18)30-14-15-5-8-27-9-6-15/h1-4,7,10-13,15,26-27H,5-6,8-9,14,25H2. The summed E-state index contributed by atoms with van der Waals surface area (Å²) >= 11 is 0. The van der Waals surface area contributed by atoms with Crippen molar-refractivity contribution in [3.8, 4) is 17.0 Å². The Morgan fingerprint density at radius 1 is 1.17 bits per heavy atom. The predicted molar refractivity (Wildman–Crippen MR) is 115 cm³/mol. The van der Waals surface area contributed by atoms with Crippen LogP contribution in [0.3, 0.4) is 0 Å². The molecule has 0 amide bonds. The van der Waals surface area contributed by atoms with E-state index in [9.17, 15) is 4.39 Å². The molecule has 0 atom stereocenters. The summed E-state index contributed by atoms with van der Waals surface area (Å²) in [6, 6.07) is 9.69. The number of nitrogen functional groups attached to an aromatic ring is 1. The molecule has 154 valence electrons. The number of pyridine rings is 2. The van der Waals surface area contributed by atoms with Crippen molar-refractivity contribution in [3.63, 3.8) is 0 Å². The monoisotopic (exact) mass is 405 g/mol. The van der Waals surface area contributed by atoms with Crippen molar-refractivity contribution in [2.24, 2.45) is 5.92 Å². The Morgan fingerprint density at radius 2 is 1.97 bits per heavy atom. The van der Waals surface area contributed by atoms with Crippen molar-refractivity contribution in [3.05, 3.63) is 71.9 Å². The van der Waals surface area contributed by atoms with Crippen LogP contribution < -0.4 is 15.8 Å². The second-order valence-electron chi connectivity index (χ2n) is 7.39. The first-order chi connectivity index (χ1) is 14.6. The number of benzene rings is 1. The third kappa shape index (κ3) is 4.31. The number of ether oxygens (including phenoxy) is 1. The summed E-state index contributed by atoms with van der Waals surface area (Å²) < 4.78 is 20.3. The lowest BCUT2D eigenvalue weighted by Crippen LogP contribution is -2.30. The lowest BCUT2D eigenvalue weighted by molar-refractivity contribution is 0.215. The van der Waals surface area contributed by atoms with Crippen LogP contribution in [0.15, 0.2) is 55.0 Å². The minimum Gasteiger partial charge on any atom is -0.492 e. The van der Waals surface area contributed by atoms with E-state index in [1.165, 1.54) is 12.3 Å². The average Bonchev–Trinajstić information content (AvgIpc) is 2.79. The normalized spacial score (nSPS) is 14.4. The first-order valence-electron chi connectivity index (χ1n) is 10.0. The molecule has 2 aromatic heterocycles. The molecule has 0 unspecified atom stereocenters. The van der Waals surface area contributed by atoms with Crippen LogP contribution in [0.5, 0.6) is 5.75 Å². The van der Waals surface area contributed by atoms with E-state index in [1.54, 1.807) is 36.7 Å². The summed E-state index contributed by atoms with van der Waals surface area (Å²) in [6.45, 7) is 2.65. The van der Waals surface area contributed by atoms with E-state index in [0.29, 0.717) is 40.8 Å². The van der Waals surface area contributed by atoms with Gasteiger partial charge in [-0.05, 0) is 56.1 Å². The van der Waals surface area contributed by atoms with Gasteiger partial charge in [0.2, 0.25) is 0 Å². The minimum atomic E-state index is -0.465. The summed E-state index contributed by atoms with van der Waals surface area (Å²) in [5, 5.41) is 11.8. The van der Waals surface area contributed by atoms with Gasteiger partial charge in [-0.1, -0.05) is 12.1 Å². The fraction of sp³-hybridized carbons (Fsp3) is 0.261. The highest BCUT2D eigenvalue weighted by Crippen LogP contribution is 2.31. The van der Waals surface area contributed by atoms with Crippen LogP contribution in [0.4, 0.5) is 10.1 Å². The van der Waals surface area contributed by atoms with E-state index in [0.717, 1.165) is 25.9 Å². The van der Waals surface area contributed by atoms with Gasteiger partial charge < -0.3 is 15.8 Å². The smallest absolute Gasteiger partial charge is 0.132 e. The van der Waals surface area contributed by atoms with E-state index in [-0.39, 0.29) is 11.3 Å². The molecule has 30 heavy (non-hydrogen) atoms. The topological polar surface area (TPSA) is 96.9 Å². The molecule has 7 heteroatoms. The summed E-state index contributed by atoms with van der Waals surface area (Å²) in [7, 11) is 0. The van der Waals surface area contributed by atoms with Gasteiger partial charge in [0.1, 0.15) is 11.6 Å². The molecule has 4 rings (SSSR count). The quantitative estimate of drug-likeness (QED) is 0.544. The van der Waals surface area contributed by atoms with Gasteiger partial charge in [-0.25, -0.2) is 4.39 Å². The zero-order valence-electron chi connectivity index (χ0n) is 16.6. The van der Waals surface area contributed by atoms with Crippen molar-refractivity contribution in [2.45, 2.75) is 12.8 Å². The van der Waals surface area contributed by atoms with Crippen molar-refractivity contribution in [2.75, 3.05) is 25.4 Å². The molecule has 4 N–H and O–H groups in total. The third-order valence-electron chi connectivity index (χ3n) is 5.34. The highest BCUT2D eigenvalue weighted by molar-refractivity contribution is 6.14. The van der Waals surface area contributed by atoms with Gasteiger partial charge in [-0.15, -0.1) is 0 Å². The maximum absolute atomic E-state index is 14.2. The average molecular weight is 405 g/mol. The number of piperidine rings is 1. The summed E-state index contributed by atoms with van der Waals surface area (Å²) in [4.78, 5) is 8.63. The van der Waals surface area contributed by atoms with E-state index >= 15 is 0 Å². The highest BCUT2D eigenvalue weighted by Gasteiger charge is 2.18. The van der Waals surface area contributed by atoms with Crippen LogP contribution in [0.1, 0.15) is 24.0 Å². The molecule has 1 aliphatic heterocycles. The van der Waals surface area contributed by atoms with Gasteiger partial charge in [0.25, 0.3) is 0 Å². The fourth-order valence-corrected chi connectivity index (χ4v) is 3.59.